The van der Waals surface area contributed by atoms with E-state index in [4.69, 9.17) is 4.74 Å². The maximum Gasteiger partial charge on any atom is 0.341 e. The minimum Gasteiger partial charge on any atom is -0.462 e. The summed E-state index contributed by atoms with van der Waals surface area (Å²) >= 11 is 1.39. The number of carbonyl (C=O) groups excluding carboxylic acids is 2. The average molecular weight is 516 g/mol. The molecule has 1 aliphatic heterocycles. The minimum absolute atomic E-state index is 0. The molecule has 1 aromatic heterocycles. The molecule has 182 valence electrons. The molecule has 0 atom stereocenters. The lowest BCUT2D eigenvalue weighted by atomic mass is 10.0. The molecule has 1 amide bonds. The van der Waals surface area contributed by atoms with Gasteiger partial charge in [-0.05, 0) is 57.0 Å². The lowest BCUT2D eigenvalue weighted by Crippen LogP contribution is -2.35. The number of carbonyl (C=O) groups is 2. The lowest BCUT2D eigenvalue weighted by molar-refractivity contribution is 0.0526. The van der Waals surface area contributed by atoms with Crippen LogP contribution in [-0.2, 0) is 27.7 Å². The van der Waals surface area contributed by atoms with Crippen LogP contribution in [0.1, 0.15) is 51.9 Å². The molecule has 11 heteroatoms. The molecule has 2 heterocycles. The topological polar surface area (TPSA) is 96.0 Å². The molecule has 0 fully saturated rings. The summed E-state index contributed by atoms with van der Waals surface area (Å²) in [4.78, 5) is 29.1. The number of anilines is 1. The summed E-state index contributed by atoms with van der Waals surface area (Å²) in [5, 5.41) is 3.32. The molecule has 3 rings (SSSR count). The van der Waals surface area contributed by atoms with Crippen LogP contribution >= 0.6 is 23.7 Å². The Morgan fingerprint density at radius 2 is 1.85 bits per heavy atom. The number of ether oxygens (including phenoxy) is 1. The van der Waals surface area contributed by atoms with Crippen LogP contribution in [0, 0.1) is 0 Å². The second-order valence-corrected chi connectivity index (χ2v) is 11.3. The number of esters is 1. The van der Waals surface area contributed by atoms with Crippen LogP contribution in [0.2, 0.25) is 0 Å². The Bertz CT molecular complexity index is 1110. The van der Waals surface area contributed by atoms with E-state index < -0.39 is 21.9 Å². The van der Waals surface area contributed by atoms with Crippen molar-refractivity contribution in [3.63, 3.8) is 0 Å². The zero-order valence-electron chi connectivity index (χ0n) is 19.4. The number of benzene rings is 1. The van der Waals surface area contributed by atoms with Gasteiger partial charge in [0.15, 0.2) is 0 Å². The van der Waals surface area contributed by atoms with Crippen LogP contribution in [0.25, 0.3) is 0 Å². The second kappa shape index (κ2) is 11.0. The Labute approximate surface area is 205 Å². The van der Waals surface area contributed by atoms with E-state index >= 15 is 0 Å². The van der Waals surface area contributed by atoms with Crippen molar-refractivity contribution in [1.29, 1.82) is 0 Å². The Kier molecular flexibility index (Phi) is 9.06. The first kappa shape index (κ1) is 27.3. The minimum atomic E-state index is -3.58. The Hall–Kier alpha value is -1.98. The van der Waals surface area contributed by atoms with Gasteiger partial charge in [-0.25, -0.2) is 17.5 Å². The fraction of sp³-hybridized carbons (Fsp3) is 0.455. The summed E-state index contributed by atoms with van der Waals surface area (Å²) in [6, 6.07) is 6.10. The molecule has 1 aromatic carbocycles. The van der Waals surface area contributed by atoms with Gasteiger partial charge in [-0.2, -0.15) is 0 Å². The van der Waals surface area contributed by atoms with Gasteiger partial charge < -0.3 is 10.1 Å². The molecular formula is C22H30ClN3O5S2. The van der Waals surface area contributed by atoms with E-state index in [1.54, 1.807) is 6.92 Å². The monoisotopic (exact) mass is 515 g/mol. The first-order chi connectivity index (χ1) is 15.1. The molecular weight excluding hydrogens is 486 g/mol. The molecule has 0 spiro atoms. The zero-order chi connectivity index (χ0) is 23.6. The molecule has 8 nitrogen and oxygen atoms in total. The van der Waals surface area contributed by atoms with Crippen molar-refractivity contribution in [3.05, 3.63) is 45.8 Å². The number of halogens is 1. The van der Waals surface area contributed by atoms with Gasteiger partial charge >= 0.3 is 5.97 Å². The van der Waals surface area contributed by atoms with Gasteiger partial charge in [0.2, 0.25) is 10.0 Å². The molecule has 1 aliphatic rings. The van der Waals surface area contributed by atoms with Gasteiger partial charge in [0, 0.05) is 43.7 Å². The van der Waals surface area contributed by atoms with E-state index in [0.717, 1.165) is 27.8 Å². The number of nitrogens with zero attached hydrogens (tertiary/aromatic N) is 2. The van der Waals surface area contributed by atoms with Gasteiger partial charge in [-0.1, -0.05) is 0 Å². The normalized spacial score (nSPS) is 14.0. The Morgan fingerprint density at radius 1 is 1.21 bits per heavy atom. The van der Waals surface area contributed by atoms with Crippen LogP contribution < -0.4 is 5.32 Å². The van der Waals surface area contributed by atoms with Crippen LogP contribution in [0.5, 0.6) is 0 Å². The lowest BCUT2D eigenvalue weighted by Gasteiger charge is -2.30. The van der Waals surface area contributed by atoms with Crippen LogP contribution in [0.3, 0.4) is 0 Å². The third kappa shape index (κ3) is 5.75. The van der Waals surface area contributed by atoms with Crippen molar-refractivity contribution in [3.8, 4) is 0 Å². The predicted octanol–water partition coefficient (Wildman–Crippen LogP) is 3.62. The first-order valence-corrected chi connectivity index (χ1v) is 12.7. The highest BCUT2D eigenvalue weighted by molar-refractivity contribution is 7.89. The predicted molar refractivity (Wildman–Crippen MR) is 132 cm³/mol. The molecule has 0 aliphatic carbocycles. The van der Waals surface area contributed by atoms with Gasteiger partial charge in [0.05, 0.1) is 17.1 Å². The smallest absolute Gasteiger partial charge is 0.341 e. The molecule has 0 saturated heterocycles. The van der Waals surface area contributed by atoms with E-state index in [1.807, 2.05) is 0 Å². The standard InChI is InChI=1S/C22H29N3O5S2.ClH/c1-6-30-22(27)19-17-11-12-25(14(2)3)13-18(17)31-21(19)23-20(26)15-7-9-16(10-8-15)32(28,29)24(4)5;/h7-10,14H,6,11-13H2,1-5H3,(H,23,26);1H. The van der Waals surface area contributed by atoms with Crippen LogP contribution in [0.4, 0.5) is 5.00 Å². The van der Waals surface area contributed by atoms with E-state index in [1.165, 1.54) is 49.7 Å². The summed E-state index contributed by atoms with van der Waals surface area (Å²) in [5.41, 5.74) is 1.66. The maximum atomic E-state index is 12.9. The van der Waals surface area contributed by atoms with Crippen molar-refractivity contribution >= 4 is 50.6 Å². The van der Waals surface area contributed by atoms with Gasteiger partial charge in [-0.15, -0.1) is 23.7 Å². The summed E-state index contributed by atoms with van der Waals surface area (Å²) in [7, 11) is -0.679. The Morgan fingerprint density at radius 3 is 2.39 bits per heavy atom. The number of thiophene rings is 1. The summed E-state index contributed by atoms with van der Waals surface area (Å²) in [6.07, 6.45) is 0.713. The van der Waals surface area contributed by atoms with E-state index in [-0.39, 0.29) is 23.9 Å². The molecule has 0 bridgehead atoms. The van der Waals surface area contributed by atoms with E-state index in [9.17, 15) is 18.0 Å². The van der Waals surface area contributed by atoms with E-state index in [0.29, 0.717) is 28.6 Å². The van der Waals surface area contributed by atoms with Crippen LogP contribution in [0.15, 0.2) is 29.2 Å². The zero-order valence-corrected chi connectivity index (χ0v) is 21.8. The third-order valence-corrected chi connectivity index (χ3v) is 8.38. The third-order valence-electron chi connectivity index (χ3n) is 5.42. The summed E-state index contributed by atoms with van der Waals surface area (Å²) in [6.45, 7) is 7.82. The van der Waals surface area contributed by atoms with Crippen molar-refractivity contribution in [2.75, 3.05) is 32.6 Å². The SMILES string of the molecule is CCOC(=O)c1c(NC(=O)c2ccc(S(=O)(=O)N(C)C)cc2)sc2c1CCN(C(C)C)C2.Cl. The van der Waals surface area contributed by atoms with Crippen LogP contribution in [-0.4, -0.2) is 62.8 Å². The van der Waals surface area contributed by atoms with E-state index in [2.05, 4.69) is 24.1 Å². The number of sulfonamides is 1. The average Bonchev–Trinajstić information content (AvgIpc) is 3.10. The fourth-order valence-electron chi connectivity index (χ4n) is 3.54. The number of hydrogen-bond donors (Lipinski definition) is 1. The van der Waals surface area contributed by atoms with Gasteiger partial charge in [0.25, 0.3) is 5.91 Å². The fourth-order valence-corrected chi connectivity index (χ4v) is 5.69. The summed E-state index contributed by atoms with van der Waals surface area (Å²) in [5.74, 6) is -0.852. The molecule has 1 N–H and O–H groups in total. The molecule has 2 aromatic rings. The highest BCUT2D eigenvalue weighted by atomic mass is 35.5. The first-order valence-electron chi connectivity index (χ1n) is 10.5. The second-order valence-electron chi connectivity index (χ2n) is 8.01. The van der Waals surface area contributed by atoms with Crippen molar-refractivity contribution in [2.45, 2.75) is 44.7 Å². The number of nitrogens with one attached hydrogen (secondary N) is 1. The van der Waals surface area contributed by atoms with Crippen molar-refractivity contribution in [2.24, 2.45) is 0 Å². The Balaban J connectivity index is 0.00000385. The molecule has 33 heavy (non-hydrogen) atoms. The van der Waals surface area contributed by atoms with Crippen molar-refractivity contribution in [1.82, 2.24) is 9.21 Å². The largest absolute Gasteiger partial charge is 0.462 e. The van der Waals surface area contributed by atoms with Gasteiger partial charge in [-0.3, -0.25) is 9.69 Å². The quantitative estimate of drug-likeness (QED) is 0.566. The number of rotatable bonds is 7. The maximum absolute atomic E-state index is 12.9. The number of fused-ring (bicyclic) bond motifs is 1. The summed E-state index contributed by atoms with van der Waals surface area (Å²) < 4.78 is 30.9. The number of amides is 1. The highest BCUT2D eigenvalue weighted by Crippen LogP contribution is 2.38. The van der Waals surface area contributed by atoms with Gasteiger partial charge in [0.1, 0.15) is 5.00 Å². The molecule has 0 radical (unpaired) electrons. The highest BCUT2D eigenvalue weighted by Gasteiger charge is 2.30. The molecule has 0 unspecified atom stereocenters. The van der Waals surface area contributed by atoms with Crippen molar-refractivity contribution < 1.29 is 22.7 Å². The number of hydrogen-bond acceptors (Lipinski definition) is 7. The molecule has 0 saturated carbocycles.